The van der Waals surface area contributed by atoms with Crippen LogP contribution < -0.4 is 0 Å². The van der Waals surface area contributed by atoms with Gasteiger partial charge in [0.25, 0.3) is 0 Å². The Labute approximate surface area is 279 Å². The lowest BCUT2D eigenvalue weighted by Gasteiger charge is -2.09. The van der Waals surface area contributed by atoms with Crippen LogP contribution in [0.25, 0.3) is 131 Å². The Hall–Kier alpha value is -7.06. The van der Waals surface area contributed by atoms with Gasteiger partial charge < -0.3 is 19.9 Å². The van der Waals surface area contributed by atoms with Crippen molar-refractivity contribution in [3.05, 3.63) is 109 Å². The molecule has 0 saturated heterocycles. The first-order chi connectivity index (χ1) is 24.8. The SMILES string of the molecule is c1ccc2c(c1)[nH]c1c3[nH]c4ccccc4c3c3nc4cc5nc6c(nc5cc4nc3c21)c1c2ccccc2[nH]c1c1[nH]c2ccccc2c61. The maximum Gasteiger partial charge on any atom is 0.100 e. The zero-order valence-corrected chi connectivity index (χ0v) is 26.2. The van der Waals surface area contributed by atoms with E-state index in [4.69, 9.17) is 19.9 Å². The van der Waals surface area contributed by atoms with Crippen molar-refractivity contribution in [3.8, 4) is 0 Å². The fourth-order valence-corrected chi connectivity index (χ4v) is 8.61. The third-order valence-corrected chi connectivity index (χ3v) is 10.7. The van der Waals surface area contributed by atoms with Crippen LogP contribution >= 0.6 is 0 Å². The first-order valence-corrected chi connectivity index (χ1v) is 16.8. The van der Waals surface area contributed by atoms with E-state index in [1.54, 1.807) is 0 Å². The molecule has 50 heavy (non-hydrogen) atoms. The third-order valence-electron chi connectivity index (χ3n) is 10.7. The lowest BCUT2D eigenvalue weighted by Crippen LogP contribution is -1.94. The molecule has 0 radical (unpaired) electrons. The van der Waals surface area contributed by atoms with Crippen LogP contribution in [0.3, 0.4) is 0 Å². The second-order valence-electron chi connectivity index (χ2n) is 13.4. The quantitative estimate of drug-likeness (QED) is 0.124. The molecule has 6 aromatic heterocycles. The molecule has 0 unspecified atom stereocenters. The second-order valence-corrected chi connectivity index (χ2v) is 13.4. The highest BCUT2D eigenvalue weighted by Crippen LogP contribution is 2.43. The largest absolute Gasteiger partial charge is 0.353 e. The molecule has 0 aliphatic rings. The van der Waals surface area contributed by atoms with Gasteiger partial charge in [-0.05, 0) is 36.4 Å². The molecule has 13 aromatic rings. The fourth-order valence-electron chi connectivity index (χ4n) is 8.61. The van der Waals surface area contributed by atoms with Crippen LogP contribution in [0, 0.1) is 0 Å². The average molecular weight is 639 g/mol. The summed E-state index contributed by atoms with van der Waals surface area (Å²) in [4.78, 5) is 36.4. The van der Waals surface area contributed by atoms with Gasteiger partial charge in [0, 0.05) is 65.2 Å². The smallest absolute Gasteiger partial charge is 0.100 e. The number of hydrogen-bond donors (Lipinski definition) is 4. The van der Waals surface area contributed by atoms with E-state index in [1.807, 2.05) is 0 Å². The Morgan fingerprint density at radius 2 is 0.540 bits per heavy atom. The summed E-state index contributed by atoms with van der Waals surface area (Å²) in [6, 6.07) is 37.8. The molecule has 6 heterocycles. The molecule has 230 valence electrons. The highest BCUT2D eigenvalue weighted by atomic mass is 14.9. The first kappa shape index (κ1) is 25.0. The third kappa shape index (κ3) is 2.94. The molecule has 0 bridgehead atoms. The van der Waals surface area contributed by atoms with Gasteiger partial charge in [-0.3, -0.25) is 0 Å². The van der Waals surface area contributed by atoms with Crippen LogP contribution in [0.5, 0.6) is 0 Å². The van der Waals surface area contributed by atoms with Crippen LogP contribution in [0.2, 0.25) is 0 Å². The highest BCUT2D eigenvalue weighted by molar-refractivity contribution is 6.35. The van der Waals surface area contributed by atoms with Crippen LogP contribution in [-0.2, 0) is 0 Å². The van der Waals surface area contributed by atoms with Crippen molar-refractivity contribution >= 4 is 131 Å². The van der Waals surface area contributed by atoms with Gasteiger partial charge in [0.15, 0.2) is 0 Å². The van der Waals surface area contributed by atoms with E-state index in [2.05, 4.69) is 129 Å². The van der Waals surface area contributed by atoms with Crippen molar-refractivity contribution in [2.75, 3.05) is 0 Å². The normalized spacial score (nSPS) is 12.8. The number of rotatable bonds is 0. The lowest BCUT2D eigenvalue weighted by molar-refractivity contribution is 1.39. The molecular formula is C42H22N8. The summed E-state index contributed by atoms with van der Waals surface area (Å²) >= 11 is 0. The number of aromatic amines is 4. The molecule has 0 aliphatic carbocycles. The van der Waals surface area contributed by atoms with E-state index in [1.165, 1.54) is 0 Å². The second kappa shape index (κ2) is 8.50. The Balaban J connectivity index is 1.23. The number of fused-ring (bicyclic) bond motifs is 22. The molecule has 13 rings (SSSR count). The monoisotopic (exact) mass is 638 g/mol. The summed E-state index contributed by atoms with van der Waals surface area (Å²) in [7, 11) is 0. The summed E-state index contributed by atoms with van der Waals surface area (Å²) in [5.74, 6) is 0. The van der Waals surface area contributed by atoms with Crippen LogP contribution in [0.4, 0.5) is 0 Å². The fraction of sp³-hybridized carbons (Fsp3) is 0. The van der Waals surface area contributed by atoms with Gasteiger partial charge in [0.05, 0.1) is 44.1 Å². The number of H-pyrrole nitrogens is 4. The minimum absolute atomic E-state index is 0.785. The Morgan fingerprint density at radius 1 is 0.300 bits per heavy atom. The predicted molar refractivity (Wildman–Crippen MR) is 205 cm³/mol. The molecule has 7 aromatic carbocycles. The number of benzene rings is 7. The predicted octanol–water partition coefficient (Wildman–Crippen LogP) is 10.4. The van der Waals surface area contributed by atoms with Gasteiger partial charge in [-0.25, -0.2) is 19.9 Å². The molecule has 4 N–H and O–H groups in total. The molecule has 8 nitrogen and oxygen atoms in total. The van der Waals surface area contributed by atoms with Gasteiger partial charge in [0.2, 0.25) is 0 Å². The van der Waals surface area contributed by atoms with E-state index in [0.29, 0.717) is 0 Å². The van der Waals surface area contributed by atoms with E-state index < -0.39 is 0 Å². The molecule has 0 fully saturated rings. The topological polar surface area (TPSA) is 115 Å². The summed E-state index contributed by atoms with van der Waals surface area (Å²) in [5.41, 5.74) is 15.0. The van der Waals surface area contributed by atoms with E-state index in [9.17, 15) is 0 Å². The standard InChI is InChI=1S/C42H22N8/c1-5-13-23-19(9-1)31-35(43-23)36-32(20-10-2-6-14-24(20)44-36)40-39(31)47-27-17-29-30(18-28(27)48-40)50-42-34-22-12-4-8-16-26(22)46-38(34)37-33(41(42)49-29)21-11-3-7-15-25(21)45-37/h1-18,43-46H. The summed E-state index contributed by atoms with van der Waals surface area (Å²) in [6.07, 6.45) is 0. The molecule has 0 saturated carbocycles. The zero-order chi connectivity index (χ0) is 32.2. The van der Waals surface area contributed by atoms with Gasteiger partial charge in [0.1, 0.15) is 22.1 Å². The maximum atomic E-state index is 5.40. The van der Waals surface area contributed by atoms with Crippen molar-refractivity contribution in [2.24, 2.45) is 0 Å². The highest BCUT2D eigenvalue weighted by Gasteiger charge is 2.22. The van der Waals surface area contributed by atoms with E-state index in [0.717, 1.165) is 131 Å². The molecule has 0 spiro atoms. The summed E-state index contributed by atoms with van der Waals surface area (Å²) in [5, 5.41) is 8.75. The molecule has 0 aliphatic heterocycles. The molecular weight excluding hydrogens is 617 g/mol. The zero-order valence-electron chi connectivity index (χ0n) is 26.2. The summed E-state index contributed by atoms with van der Waals surface area (Å²) in [6.45, 7) is 0. The van der Waals surface area contributed by atoms with Crippen molar-refractivity contribution < 1.29 is 0 Å². The Morgan fingerprint density at radius 3 is 0.800 bits per heavy atom. The van der Waals surface area contributed by atoms with Crippen molar-refractivity contribution in [3.63, 3.8) is 0 Å². The first-order valence-electron chi connectivity index (χ1n) is 16.8. The number of para-hydroxylation sites is 4. The van der Waals surface area contributed by atoms with Gasteiger partial charge in [-0.15, -0.1) is 0 Å². The lowest BCUT2D eigenvalue weighted by atomic mass is 10.0. The van der Waals surface area contributed by atoms with Crippen molar-refractivity contribution in [2.45, 2.75) is 0 Å². The minimum Gasteiger partial charge on any atom is -0.353 e. The molecule has 8 heteroatoms. The maximum absolute atomic E-state index is 5.40. The van der Waals surface area contributed by atoms with Gasteiger partial charge >= 0.3 is 0 Å². The van der Waals surface area contributed by atoms with Crippen LogP contribution in [-0.4, -0.2) is 39.9 Å². The number of nitrogens with zero attached hydrogens (tertiary/aromatic N) is 4. The van der Waals surface area contributed by atoms with Gasteiger partial charge in [-0.1, -0.05) is 72.8 Å². The number of nitrogens with one attached hydrogen (secondary N) is 4. The minimum atomic E-state index is 0.785. The summed E-state index contributed by atoms with van der Waals surface area (Å²) < 4.78 is 0. The van der Waals surface area contributed by atoms with Crippen molar-refractivity contribution in [1.82, 2.24) is 39.9 Å². The van der Waals surface area contributed by atoms with E-state index in [-0.39, 0.29) is 0 Å². The van der Waals surface area contributed by atoms with E-state index >= 15 is 0 Å². The van der Waals surface area contributed by atoms with Gasteiger partial charge in [-0.2, -0.15) is 0 Å². The molecule has 0 amide bonds. The Kier molecular flexibility index (Phi) is 4.25. The van der Waals surface area contributed by atoms with Crippen LogP contribution in [0.15, 0.2) is 109 Å². The van der Waals surface area contributed by atoms with Crippen molar-refractivity contribution in [1.29, 1.82) is 0 Å². The molecule has 0 atom stereocenters. The number of aromatic nitrogens is 8. The van der Waals surface area contributed by atoms with Crippen LogP contribution in [0.1, 0.15) is 0 Å². The average Bonchev–Trinajstić information content (AvgIpc) is 3.93. The Bertz CT molecular complexity index is 3190. The number of hydrogen-bond acceptors (Lipinski definition) is 4.